The minimum Gasteiger partial charge on any atom is -0.390 e. The highest BCUT2D eigenvalue weighted by Gasteiger charge is 2.30. The summed E-state index contributed by atoms with van der Waals surface area (Å²) in [6.07, 6.45) is 3.34. The number of aryl methyl sites for hydroxylation is 1. The normalized spacial score (nSPS) is 18.9. The van der Waals surface area contributed by atoms with Crippen LogP contribution in [-0.4, -0.2) is 13.0 Å². The number of anilines is 1. The second kappa shape index (κ2) is 3.85. The van der Waals surface area contributed by atoms with Gasteiger partial charge in [-0.05, 0) is 30.7 Å². The fourth-order valence-corrected chi connectivity index (χ4v) is 3.51. The molecular formula is C11H16N2OS. The summed E-state index contributed by atoms with van der Waals surface area (Å²) in [4.78, 5) is 13.0. The van der Waals surface area contributed by atoms with E-state index in [2.05, 4.69) is 12.2 Å². The molecule has 3 nitrogen and oxygen atoms in total. The van der Waals surface area contributed by atoms with Crippen LogP contribution in [0.5, 0.6) is 0 Å². The molecule has 0 aromatic carbocycles. The molecule has 0 saturated heterocycles. The van der Waals surface area contributed by atoms with Gasteiger partial charge in [0, 0.05) is 11.9 Å². The van der Waals surface area contributed by atoms with E-state index >= 15 is 0 Å². The Morgan fingerprint density at radius 1 is 1.67 bits per heavy atom. The Labute approximate surface area is 93.7 Å². The Morgan fingerprint density at radius 3 is 3.00 bits per heavy atom. The maximum absolute atomic E-state index is 11.7. The third-order valence-electron chi connectivity index (χ3n) is 3.12. The van der Waals surface area contributed by atoms with Crippen molar-refractivity contribution < 1.29 is 4.79 Å². The zero-order chi connectivity index (χ0) is 11.0. The predicted octanol–water partition coefficient (Wildman–Crippen LogP) is 2.13. The first-order valence-electron chi connectivity index (χ1n) is 5.32. The first kappa shape index (κ1) is 10.5. The average molecular weight is 224 g/mol. The van der Waals surface area contributed by atoms with E-state index in [9.17, 15) is 4.79 Å². The summed E-state index contributed by atoms with van der Waals surface area (Å²) in [6, 6.07) is 0. The van der Waals surface area contributed by atoms with Crippen LogP contribution in [0.25, 0.3) is 0 Å². The lowest BCUT2D eigenvalue weighted by Gasteiger charge is -2.09. The van der Waals surface area contributed by atoms with Crippen LogP contribution in [0.1, 0.15) is 46.5 Å². The zero-order valence-corrected chi connectivity index (χ0v) is 9.91. The van der Waals surface area contributed by atoms with Crippen molar-refractivity contribution in [2.24, 2.45) is 0 Å². The fourth-order valence-electron chi connectivity index (χ4n) is 2.35. The molecule has 1 aromatic rings. The van der Waals surface area contributed by atoms with Gasteiger partial charge in [-0.3, -0.25) is 4.79 Å². The Morgan fingerprint density at radius 2 is 2.40 bits per heavy atom. The summed E-state index contributed by atoms with van der Waals surface area (Å²) in [7, 11) is 1.65. The molecule has 0 spiro atoms. The van der Waals surface area contributed by atoms with Gasteiger partial charge in [0.1, 0.15) is 0 Å². The molecule has 4 heteroatoms. The number of hydrogen-bond donors (Lipinski definition) is 2. The lowest BCUT2D eigenvalue weighted by Crippen LogP contribution is -2.20. The van der Waals surface area contributed by atoms with Crippen LogP contribution in [0.4, 0.5) is 5.00 Å². The second-order valence-electron chi connectivity index (χ2n) is 3.90. The monoisotopic (exact) mass is 224 g/mol. The average Bonchev–Trinajstić information content (AvgIpc) is 2.74. The first-order chi connectivity index (χ1) is 7.19. The number of fused-ring (bicyclic) bond motifs is 1. The maximum Gasteiger partial charge on any atom is 0.254 e. The highest BCUT2D eigenvalue weighted by molar-refractivity contribution is 7.16. The van der Waals surface area contributed by atoms with Crippen LogP contribution in [0.3, 0.4) is 0 Å². The number of nitrogen functional groups attached to an aromatic ring is 1. The topological polar surface area (TPSA) is 55.1 Å². The van der Waals surface area contributed by atoms with Crippen molar-refractivity contribution in [3.8, 4) is 0 Å². The van der Waals surface area contributed by atoms with Crippen LogP contribution in [0.15, 0.2) is 0 Å². The molecule has 0 bridgehead atoms. The standard InChI is InChI=1S/C11H16N2OS/c1-3-6-4-5-7-8(6)9(10(12)15-7)11(14)13-2/h6H,3-5,12H2,1-2H3,(H,13,14). The van der Waals surface area contributed by atoms with Gasteiger partial charge in [-0.15, -0.1) is 11.3 Å². The van der Waals surface area contributed by atoms with Crippen molar-refractivity contribution in [2.45, 2.75) is 32.1 Å². The lowest BCUT2D eigenvalue weighted by molar-refractivity contribution is 0.0963. The predicted molar refractivity (Wildman–Crippen MR) is 63.5 cm³/mol. The number of amides is 1. The van der Waals surface area contributed by atoms with E-state index in [1.807, 2.05) is 0 Å². The van der Waals surface area contributed by atoms with Crippen LogP contribution in [0.2, 0.25) is 0 Å². The summed E-state index contributed by atoms with van der Waals surface area (Å²) in [5, 5.41) is 3.35. The molecule has 1 aromatic heterocycles. The van der Waals surface area contributed by atoms with Gasteiger partial charge in [0.25, 0.3) is 5.91 Å². The quantitative estimate of drug-likeness (QED) is 0.808. The van der Waals surface area contributed by atoms with Crippen molar-refractivity contribution in [1.82, 2.24) is 5.32 Å². The number of nitrogens with one attached hydrogen (secondary N) is 1. The van der Waals surface area contributed by atoms with E-state index in [1.165, 1.54) is 16.9 Å². The summed E-state index contributed by atoms with van der Waals surface area (Å²) in [5.74, 6) is 0.492. The van der Waals surface area contributed by atoms with E-state index in [1.54, 1.807) is 18.4 Å². The molecule has 0 saturated carbocycles. The summed E-state index contributed by atoms with van der Waals surface area (Å²) in [6.45, 7) is 2.17. The summed E-state index contributed by atoms with van der Waals surface area (Å²) in [5.41, 5.74) is 7.86. The van der Waals surface area contributed by atoms with Gasteiger partial charge in [-0.2, -0.15) is 0 Å². The van der Waals surface area contributed by atoms with Crippen molar-refractivity contribution >= 4 is 22.2 Å². The largest absolute Gasteiger partial charge is 0.390 e. The van der Waals surface area contributed by atoms with Crippen LogP contribution in [0, 0.1) is 0 Å². The van der Waals surface area contributed by atoms with E-state index in [0.717, 1.165) is 18.4 Å². The number of thiophene rings is 1. The first-order valence-corrected chi connectivity index (χ1v) is 6.13. The molecule has 3 N–H and O–H groups in total. The third kappa shape index (κ3) is 1.53. The molecule has 2 rings (SSSR count). The molecule has 1 aliphatic carbocycles. The molecule has 15 heavy (non-hydrogen) atoms. The summed E-state index contributed by atoms with van der Waals surface area (Å²) >= 11 is 1.58. The smallest absolute Gasteiger partial charge is 0.254 e. The molecule has 0 aliphatic heterocycles. The third-order valence-corrected chi connectivity index (χ3v) is 4.22. The number of rotatable bonds is 2. The van der Waals surface area contributed by atoms with Gasteiger partial charge in [-0.1, -0.05) is 6.92 Å². The molecule has 0 radical (unpaired) electrons. The van der Waals surface area contributed by atoms with Crippen LogP contribution in [-0.2, 0) is 6.42 Å². The van der Waals surface area contributed by atoms with E-state index in [-0.39, 0.29) is 5.91 Å². The minimum absolute atomic E-state index is 0.0367. The molecule has 1 amide bonds. The van der Waals surface area contributed by atoms with Crippen molar-refractivity contribution in [1.29, 1.82) is 0 Å². The second-order valence-corrected chi connectivity index (χ2v) is 5.04. The minimum atomic E-state index is -0.0367. The van der Waals surface area contributed by atoms with Gasteiger partial charge in [0.15, 0.2) is 0 Å². The highest BCUT2D eigenvalue weighted by atomic mass is 32.1. The lowest BCUT2D eigenvalue weighted by atomic mass is 9.96. The molecular weight excluding hydrogens is 208 g/mol. The molecule has 1 heterocycles. The van der Waals surface area contributed by atoms with Crippen molar-refractivity contribution in [3.63, 3.8) is 0 Å². The Hall–Kier alpha value is -1.03. The van der Waals surface area contributed by atoms with Gasteiger partial charge in [0.05, 0.1) is 10.6 Å². The molecule has 82 valence electrons. The molecule has 0 fully saturated rings. The SMILES string of the molecule is CCC1CCc2sc(N)c(C(=O)NC)c21. The molecule has 1 aliphatic rings. The number of carbonyl (C=O) groups is 1. The Balaban J connectivity index is 2.50. The number of carbonyl (C=O) groups excluding carboxylic acids is 1. The van der Waals surface area contributed by atoms with Crippen LogP contribution < -0.4 is 11.1 Å². The van der Waals surface area contributed by atoms with Crippen molar-refractivity contribution in [3.05, 3.63) is 16.0 Å². The van der Waals surface area contributed by atoms with Gasteiger partial charge < -0.3 is 11.1 Å². The maximum atomic E-state index is 11.7. The van der Waals surface area contributed by atoms with Gasteiger partial charge in [-0.25, -0.2) is 0 Å². The zero-order valence-electron chi connectivity index (χ0n) is 9.09. The molecule has 1 atom stereocenters. The molecule has 1 unspecified atom stereocenters. The Kier molecular flexibility index (Phi) is 2.69. The summed E-state index contributed by atoms with van der Waals surface area (Å²) < 4.78 is 0. The number of nitrogens with two attached hydrogens (primary N) is 1. The van der Waals surface area contributed by atoms with E-state index in [0.29, 0.717) is 10.9 Å². The Bertz CT molecular complexity index is 398. The van der Waals surface area contributed by atoms with E-state index < -0.39 is 0 Å². The highest BCUT2D eigenvalue weighted by Crippen LogP contribution is 2.44. The fraction of sp³-hybridized carbons (Fsp3) is 0.545. The van der Waals surface area contributed by atoms with Gasteiger partial charge >= 0.3 is 0 Å². The van der Waals surface area contributed by atoms with Crippen molar-refractivity contribution in [2.75, 3.05) is 12.8 Å². The number of hydrogen-bond acceptors (Lipinski definition) is 3. The van der Waals surface area contributed by atoms with E-state index in [4.69, 9.17) is 5.73 Å². The van der Waals surface area contributed by atoms with Gasteiger partial charge in [0.2, 0.25) is 0 Å². The van der Waals surface area contributed by atoms with Crippen LogP contribution >= 0.6 is 11.3 Å².